The molecular formula is C24H29FN4O2S2. The summed E-state index contributed by atoms with van der Waals surface area (Å²) < 4.78 is 41.9. The number of thiophene rings is 1. The zero-order chi connectivity index (χ0) is 23.4. The third-order valence-corrected chi connectivity index (χ3v) is 8.79. The van der Waals surface area contributed by atoms with E-state index in [1.165, 1.54) is 23.5 Å². The van der Waals surface area contributed by atoms with Gasteiger partial charge in [0.05, 0.1) is 0 Å². The van der Waals surface area contributed by atoms with Crippen molar-refractivity contribution in [3.8, 4) is 0 Å². The first-order valence-corrected chi connectivity index (χ1v) is 13.2. The third-order valence-electron chi connectivity index (χ3n) is 5.97. The van der Waals surface area contributed by atoms with Crippen molar-refractivity contribution in [2.75, 3.05) is 56.6 Å². The molecule has 6 nitrogen and oxygen atoms in total. The number of benzene rings is 2. The van der Waals surface area contributed by atoms with E-state index in [0.717, 1.165) is 43.1 Å². The molecule has 3 aromatic rings. The molecule has 1 saturated heterocycles. The molecule has 1 fully saturated rings. The molecule has 1 aromatic heterocycles. The largest absolute Gasteiger partial charge is 0.378 e. The van der Waals surface area contributed by atoms with E-state index in [1.807, 2.05) is 19.0 Å². The van der Waals surface area contributed by atoms with Crippen LogP contribution in [0.5, 0.6) is 0 Å². The SMILES string of the molecule is CN(C)c1ccc([C@@H](CNS(=O)(=O)c2cccs2)N2CCN(c3ccc(F)cc3)CC2)cc1. The first-order chi connectivity index (χ1) is 15.8. The summed E-state index contributed by atoms with van der Waals surface area (Å²) in [6.45, 7) is 3.42. The summed E-state index contributed by atoms with van der Waals surface area (Å²) >= 11 is 1.21. The number of nitrogens with zero attached hydrogens (tertiary/aromatic N) is 3. The Morgan fingerprint density at radius 2 is 1.67 bits per heavy atom. The van der Waals surface area contributed by atoms with Crippen molar-refractivity contribution < 1.29 is 12.8 Å². The van der Waals surface area contributed by atoms with Gasteiger partial charge in [0.25, 0.3) is 0 Å². The Balaban J connectivity index is 1.50. The fourth-order valence-corrected chi connectivity index (χ4v) is 6.15. The van der Waals surface area contributed by atoms with E-state index < -0.39 is 10.0 Å². The maximum absolute atomic E-state index is 13.3. The van der Waals surface area contributed by atoms with Crippen LogP contribution in [0.15, 0.2) is 70.3 Å². The molecule has 1 aliphatic heterocycles. The molecule has 9 heteroatoms. The standard InChI is InChI=1S/C24H29FN4O2S2/c1-27(2)21-9-5-19(6-10-21)23(18-26-33(30,31)24-4-3-17-32-24)29-15-13-28(14-16-29)22-11-7-20(25)8-12-22/h3-12,17,23,26H,13-16,18H2,1-2H3/t23-/m1/s1. The number of hydrogen-bond donors (Lipinski definition) is 1. The molecule has 0 saturated carbocycles. The number of nitrogens with one attached hydrogen (secondary N) is 1. The van der Waals surface area contributed by atoms with Gasteiger partial charge in [0.15, 0.2) is 0 Å². The topological polar surface area (TPSA) is 55.9 Å². The summed E-state index contributed by atoms with van der Waals surface area (Å²) in [4.78, 5) is 6.60. The van der Waals surface area contributed by atoms with Gasteiger partial charge in [0.2, 0.25) is 10.0 Å². The van der Waals surface area contributed by atoms with Crippen molar-refractivity contribution in [3.05, 3.63) is 77.4 Å². The monoisotopic (exact) mass is 488 g/mol. The van der Waals surface area contributed by atoms with E-state index in [9.17, 15) is 12.8 Å². The number of piperazine rings is 1. The fourth-order valence-electron chi connectivity index (χ4n) is 4.07. The summed E-state index contributed by atoms with van der Waals surface area (Å²) in [7, 11) is 0.442. The molecular weight excluding hydrogens is 459 g/mol. The maximum atomic E-state index is 13.3. The fraction of sp³-hybridized carbons (Fsp3) is 0.333. The summed E-state index contributed by atoms with van der Waals surface area (Å²) in [5, 5.41) is 1.76. The van der Waals surface area contributed by atoms with E-state index in [0.29, 0.717) is 4.21 Å². The predicted octanol–water partition coefficient (Wildman–Crippen LogP) is 3.80. The summed E-state index contributed by atoms with van der Waals surface area (Å²) in [5.41, 5.74) is 3.17. The van der Waals surface area contributed by atoms with Crippen LogP contribution >= 0.6 is 11.3 Å². The molecule has 0 unspecified atom stereocenters. The average molecular weight is 489 g/mol. The highest BCUT2D eigenvalue weighted by molar-refractivity contribution is 7.91. The Labute approximate surface area is 199 Å². The van der Waals surface area contributed by atoms with Crippen molar-refractivity contribution in [2.24, 2.45) is 0 Å². The van der Waals surface area contributed by atoms with E-state index in [2.05, 4.69) is 38.8 Å². The van der Waals surface area contributed by atoms with Crippen molar-refractivity contribution >= 4 is 32.7 Å². The van der Waals surface area contributed by atoms with Gasteiger partial charge in [0, 0.05) is 64.2 Å². The van der Waals surface area contributed by atoms with Crippen LogP contribution in [0.2, 0.25) is 0 Å². The summed E-state index contributed by atoms with van der Waals surface area (Å²) in [6.07, 6.45) is 0. The third kappa shape index (κ3) is 5.73. The Morgan fingerprint density at radius 1 is 1.00 bits per heavy atom. The zero-order valence-corrected chi connectivity index (χ0v) is 20.4. The zero-order valence-electron chi connectivity index (χ0n) is 18.8. The molecule has 1 aliphatic rings. The second kappa shape index (κ2) is 10.2. The van der Waals surface area contributed by atoms with Gasteiger partial charge in [-0.15, -0.1) is 11.3 Å². The van der Waals surface area contributed by atoms with Gasteiger partial charge in [-0.25, -0.2) is 17.5 Å². The van der Waals surface area contributed by atoms with Crippen LogP contribution < -0.4 is 14.5 Å². The molecule has 2 aromatic carbocycles. The van der Waals surface area contributed by atoms with Crippen molar-refractivity contribution in [1.29, 1.82) is 0 Å². The van der Waals surface area contributed by atoms with Gasteiger partial charge in [-0.05, 0) is 53.4 Å². The highest BCUT2D eigenvalue weighted by atomic mass is 32.2. The Kier molecular flexibility index (Phi) is 7.33. The first kappa shape index (κ1) is 23.7. The minimum absolute atomic E-state index is 0.0914. The lowest BCUT2D eigenvalue weighted by molar-refractivity contribution is 0.187. The normalized spacial score (nSPS) is 16.0. The lowest BCUT2D eigenvalue weighted by atomic mass is 10.0. The van der Waals surface area contributed by atoms with Crippen LogP contribution in [0.3, 0.4) is 0 Å². The molecule has 4 rings (SSSR count). The molecule has 0 aliphatic carbocycles. The molecule has 0 spiro atoms. The summed E-state index contributed by atoms with van der Waals surface area (Å²) in [6, 6.07) is 18.1. The molecule has 0 amide bonds. The second-order valence-corrected chi connectivity index (χ2v) is 11.2. The number of hydrogen-bond acceptors (Lipinski definition) is 6. The molecule has 2 heterocycles. The first-order valence-electron chi connectivity index (χ1n) is 10.9. The Morgan fingerprint density at radius 3 is 2.24 bits per heavy atom. The smallest absolute Gasteiger partial charge is 0.250 e. The van der Waals surface area contributed by atoms with Crippen LogP contribution in [-0.4, -0.2) is 60.1 Å². The number of sulfonamides is 1. The predicted molar refractivity (Wildman–Crippen MR) is 133 cm³/mol. The van der Waals surface area contributed by atoms with Crippen LogP contribution in [-0.2, 0) is 10.0 Å². The van der Waals surface area contributed by atoms with Gasteiger partial charge in [-0.1, -0.05) is 18.2 Å². The van der Waals surface area contributed by atoms with Crippen LogP contribution in [0.4, 0.5) is 15.8 Å². The molecule has 1 atom stereocenters. The molecule has 1 N–H and O–H groups in total. The van der Waals surface area contributed by atoms with E-state index >= 15 is 0 Å². The Bertz CT molecular complexity index is 1130. The molecule has 0 bridgehead atoms. The Hall–Kier alpha value is -2.46. The summed E-state index contributed by atoms with van der Waals surface area (Å²) in [5.74, 6) is -0.239. The number of halogens is 1. The van der Waals surface area contributed by atoms with Gasteiger partial charge >= 0.3 is 0 Å². The van der Waals surface area contributed by atoms with Crippen LogP contribution in [0.1, 0.15) is 11.6 Å². The molecule has 176 valence electrons. The van der Waals surface area contributed by atoms with E-state index in [4.69, 9.17) is 0 Å². The quantitative estimate of drug-likeness (QED) is 0.523. The maximum Gasteiger partial charge on any atom is 0.250 e. The van der Waals surface area contributed by atoms with Gasteiger partial charge < -0.3 is 9.80 Å². The highest BCUT2D eigenvalue weighted by Gasteiger charge is 2.27. The lowest BCUT2D eigenvalue weighted by Gasteiger charge is -2.40. The van der Waals surface area contributed by atoms with E-state index in [1.54, 1.807) is 29.6 Å². The van der Waals surface area contributed by atoms with Crippen LogP contribution in [0, 0.1) is 5.82 Å². The van der Waals surface area contributed by atoms with Crippen LogP contribution in [0.25, 0.3) is 0 Å². The average Bonchev–Trinajstić information content (AvgIpc) is 3.37. The minimum atomic E-state index is -3.55. The minimum Gasteiger partial charge on any atom is -0.378 e. The number of rotatable bonds is 8. The number of anilines is 2. The van der Waals surface area contributed by atoms with Crippen molar-refractivity contribution in [2.45, 2.75) is 10.3 Å². The lowest BCUT2D eigenvalue weighted by Crippen LogP contribution is -2.49. The highest BCUT2D eigenvalue weighted by Crippen LogP contribution is 2.27. The van der Waals surface area contributed by atoms with Gasteiger partial charge in [-0.3, -0.25) is 4.90 Å². The molecule has 33 heavy (non-hydrogen) atoms. The van der Waals surface area contributed by atoms with Gasteiger partial charge in [-0.2, -0.15) is 0 Å². The van der Waals surface area contributed by atoms with Gasteiger partial charge in [0.1, 0.15) is 10.0 Å². The van der Waals surface area contributed by atoms with Crippen molar-refractivity contribution in [3.63, 3.8) is 0 Å². The van der Waals surface area contributed by atoms with E-state index in [-0.39, 0.29) is 18.4 Å². The molecule has 0 radical (unpaired) electrons. The second-order valence-electron chi connectivity index (χ2n) is 8.29. The van der Waals surface area contributed by atoms with Crippen molar-refractivity contribution in [1.82, 2.24) is 9.62 Å².